The number of nitrogens with one attached hydrogen (secondary N) is 1. The van der Waals surface area contributed by atoms with Crippen molar-refractivity contribution in [2.24, 2.45) is 7.05 Å². The number of para-hydroxylation sites is 1. The standard InChI is InChI=1S/C19H18N4O/c1-22(2)18-17-12(11-23(3)16(17)8-9-20-18)10-14-13-6-4-5-7-15(13)21-19(14)24/h4-11H,1-3H3,(H,21,24). The van der Waals surface area contributed by atoms with Crippen molar-refractivity contribution >= 4 is 40.0 Å². The summed E-state index contributed by atoms with van der Waals surface area (Å²) in [7, 11) is 5.96. The van der Waals surface area contributed by atoms with Gasteiger partial charge in [0, 0.05) is 61.3 Å². The Labute approximate surface area is 140 Å². The fourth-order valence-corrected chi connectivity index (χ4v) is 3.24. The van der Waals surface area contributed by atoms with E-state index in [1.807, 2.05) is 74.8 Å². The van der Waals surface area contributed by atoms with E-state index in [9.17, 15) is 4.79 Å². The average molecular weight is 318 g/mol. The van der Waals surface area contributed by atoms with Crippen molar-refractivity contribution in [3.8, 4) is 0 Å². The number of amides is 1. The Morgan fingerprint density at radius 3 is 2.79 bits per heavy atom. The van der Waals surface area contributed by atoms with E-state index in [0.717, 1.165) is 33.5 Å². The van der Waals surface area contributed by atoms with Crippen molar-refractivity contribution in [3.05, 3.63) is 53.9 Å². The first-order valence-electron chi connectivity index (χ1n) is 7.80. The molecule has 0 bridgehead atoms. The Balaban J connectivity index is 1.97. The van der Waals surface area contributed by atoms with E-state index in [-0.39, 0.29) is 5.91 Å². The van der Waals surface area contributed by atoms with Gasteiger partial charge in [-0.05, 0) is 18.2 Å². The van der Waals surface area contributed by atoms with Gasteiger partial charge in [0.15, 0.2) is 0 Å². The number of pyridine rings is 1. The predicted octanol–water partition coefficient (Wildman–Crippen LogP) is 3.13. The number of rotatable bonds is 2. The maximum Gasteiger partial charge on any atom is 0.256 e. The number of hydrogen-bond donors (Lipinski definition) is 1. The maximum atomic E-state index is 12.4. The molecule has 3 heterocycles. The minimum absolute atomic E-state index is 0.0662. The van der Waals surface area contributed by atoms with E-state index in [1.54, 1.807) is 0 Å². The molecule has 4 rings (SSSR count). The first-order chi connectivity index (χ1) is 11.6. The summed E-state index contributed by atoms with van der Waals surface area (Å²) in [5.41, 5.74) is 4.57. The molecule has 24 heavy (non-hydrogen) atoms. The van der Waals surface area contributed by atoms with Gasteiger partial charge in [-0.3, -0.25) is 4.79 Å². The van der Waals surface area contributed by atoms with Crippen LogP contribution in [0.25, 0.3) is 22.6 Å². The molecule has 0 spiro atoms. The highest BCUT2D eigenvalue weighted by Gasteiger charge is 2.24. The van der Waals surface area contributed by atoms with Crippen LogP contribution < -0.4 is 10.2 Å². The van der Waals surface area contributed by atoms with Crippen LogP contribution in [0.4, 0.5) is 11.5 Å². The third kappa shape index (κ3) is 2.09. The van der Waals surface area contributed by atoms with Gasteiger partial charge in [-0.15, -0.1) is 0 Å². The van der Waals surface area contributed by atoms with Gasteiger partial charge >= 0.3 is 0 Å². The van der Waals surface area contributed by atoms with Crippen molar-refractivity contribution in [2.75, 3.05) is 24.3 Å². The SMILES string of the molecule is CN(C)c1nccc2c1c(C=C1C(=O)Nc3ccccc31)cn2C. The molecule has 0 aliphatic carbocycles. The summed E-state index contributed by atoms with van der Waals surface area (Å²) in [5, 5.41) is 3.97. The number of aryl methyl sites for hydroxylation is 1. The quantitative estimate of drug-likeness (QED) is 0.739. The van der Waals surface area contributed by atoms with Crippen LogP contribution in [0.2, 0.25) is 0 Å². The third-order valence-electron chi connectivity index (χ3n) is 4.34. The molecule has 5 heteroatoms. The zero-order chi connectivity index (χ0) is 16.8. The van der Waals surface area contributed by atoms with Crippen molar-refractivity contribution < 1.29 is 4.79 Å². The predicted molar refractivity (Wildman–Crippen MR) is 98.0 cm³/mol. The van der Waals surface area contributed by atoms with Crippen LogP contribution in [0.15, 0.2) is 42.7 Å². The number of aromatic nitrogens is 2. The van der Waals surface area contributed by atoms with Gasteiger partial charge in [0.1, 0.15) is 5.82 Å². The molecule has 1 N–H and O–H groups in total. The molecule has 0 radical (unpaired) electrons. The minimum Gasteiger partial charge on any atom is -0.362 e. The first kappa shape index (κ1) is 14.5. The minimum atomic E-state index is -0.0662. The normalized spacial score (nSPS) is 15.0. The van der Waals surface area contributed by atoms with Gasteiger partial charge in [-0.1, -0.05) is 18.2 Å². The summed E-state index contributed by atoms with van der Waals surface area (Å²) < 4.78 is 2.06. The molecular formula is C19H18N4O. The summed E-state index contributed by atoms with van der Waals surface area (Å²) in [4.78, 5) is 18.9. The van der Waals surface area contributed by atoms with Gasteiger partial charge in [0.2, 0.25) is 0 Å². The first-order valence-corrected chi connectivity index (χ1v) is 7.80. The summed E-state index contributed by atoms with van der Waals surface area (Å²) >= 11 is 0. The number of fused-ring (bicyclic) bond motifs is 2. The van der Waals surface area contributed by atoms with E-state index >= 15 is 0 Å². The van der Waals surface area contributed by atoms with E-state index in [1.165, 1.54) is 0 Å². The van der Waals surface area contributed by atoms with E-state index in [2.05, 4.69) is 14.9 Å². The molecule has 0 saturated carbocycles. The lowest BCUT2D eigenvalue weighted by molar-refractivity contribution is -0.110. The fourth-order valence-electron chi connectivity index (χ4n) is 3.24. The molecule has 0 fully saturated rings. The van der Waals surface area contributed by atoms with Gasteiger partial charge < -0.3 is 14.8 Å². The molecule has 1 amide bonds. The Morgan fingerprint density at radius 2 is 2.00 bits per heavy atom. The number of hydrogen-bond acceptors (Lipinski definition) is 3. The lowest BCUT2D eigenvalue weighted by Gasteiger charge is -2.13. The monoisotopic (exact) mass is 318 g/mol. The molecule has 0 atom stereocenters. The van der Waals surface area contributed by atoms with Gasteiger partial charge in [0.05, 0.1) is 5.52 Å². The topological polar surface area (TPSA) is 50.2 Å². The fraction of sp³-hybridized carbons (Fsp3) is 0.158. The van der Waals surface area contributed by atoms with Crippen LogP contribution in [0.1, 0.15) is 11.1 Å². The highest BCUT2D eigenvalue weighted by atomic mass is 16.2. The van der Waals surface area contributed by atoms with Gasteiger partial charge in [0.25, 0.3) is 5.91 Å². The van der Waals surface area contributed by atoms with Crippen LogP contribution in [0, 0.1) is 0 Å². The van der Waals surface area contributed by atoms with Crippen LogP contribution in [-0.2, 0) is 11.8 Å². The lowest BCUT2D eigenvalue weighted by atomic mass is 10.0. The van der Waals surface area contributed by atoms with Crippen LogP contribution in [0.3, 0.4) is 0 Å². The summed E-state index contributed by atoms with van der Waals surface area (Å²) in [6, 6.07) is 9.75. The van der Waals surface area contributed by atoms with E-state index in [0.29, 0.717) is 5.57 Å². The number of carbonyl (C=O) groups excluding carboxylic acids is 1. The van der Waals surface area contributed by atoms with Crippen LogP contribution >= 0.6 is 0 Å². The third-order valence-corrected chi connectivity index (χ3v) is 4.34. The largest absolute Gasteiger partial charge is 0.362 e. The van der Waals surface area contributed by atoms with Crippen molar-refractivity contribution in [1.82, 2.24) is 9.55 Å². The number of carbonyl (C=O) groups is 1. The summed E-state index contributed by atoms with van der Waals surface area (Å²) in [6.07, 6.45) is 5.81. The number of nitrogens with zero attached hydrogens (tertiary/aromatic N) is 3. The van der Waals surface area contributed by atoms with E-state index < -0.39 is 0 Å². The van der Waals surface area contributed by atoms with Gasteiger partial charge in [-0.2, -0.15) is 0 Å². The lowest BCUT2D eigenvalue weighted by Crippen LogP contribution is -2.11. The highest BCUT2D eigenvalue weighted by molar-refractivity contribution is 6.35. The molecule has 1 aromatic carbocycles. The molecule has 3 aromatic rings. The number of anilines is 2. The average Bonchev–Trinajstić information content (AvgIpc) is 3.06. The highest BCUT2D eigenvalue weighted by Crippen LogP contribution is 2.35. The van der Waals surface area contributed by atoms with Gasteiger partial charge in [-0.25, -0.2) is 4.98 Å². The molecule has 0 saturated heterocycles. The smallest absolute Gasteiger partial charge is 0.256 e. The molecule has 5 nitrogen and oxygen atoms in total. The molecule has 1 aliphatic heterocycles. The zero-order valence-corrected chi connectivity index (χ0v) is 13.9. The second kappa shape index (κ2) is 5.23. The number of benzene rings is 1. The Hall–Kier alpha value is -3.08. The second-order valence-corrected chi connectivity index (χ2v) is 6.18. The molecule has 120 valence electrons. The zero-order valence-electron chi connectivity index (χ0n) is 13.9. The van der Waals surface area contributed by atoms with Crippen LogP contribution in [-0.4, -0.2) is 29.6 Å². The second-order valence-electron chi connectivity index (χ2n) is 6.18. The Bertz CT molecular complexity index is 998. The molecule has 1 aliphatic rings. The van der Waals surface area contributed by atoms with Crippen molar-refractivity contribution in [1.29, 1.82) is 0 Å². The maximum absolute atomic E-state index is 12.4. The van der Waals surface area contributed by atoms with Crippen LogP contribution in [0.5, 0.6) is 0 Å². The van der Waals surface area contributed by atoms with Crippen molar-refractivity contribution in [3.63, 3.8) is 0 Å². The molecule has 0 unspecified atom stereocenters. The Morgan fingerprint density at radius 1 is 1.21 bits per heavy atom. The summed E-state index contributed by atoms with van der Waals surface area (Å²) in [5.74, 6) is 0.829. The van der Waals surface area contributed by atoms with Crippen molar-refractivity contribution in [2.45, 2.75) is 0 Å². The van der Waals surface area contributed by atoms with E-state index in [4.69, 9.17) is 0 Å². The molecular weight excluding hydrogens is 300 g/mol. The molecule has 2 aromatic heterocycles. The summed E-state index contributed by atoms with van der Waals surface area (Å²) in [6.45, 7) is 0. The Kier molecular flexibility index (Phi) is 3.16.